The molecule has 2 unspecified atom stereocenters. The van der Waals surface area contributed by atoms with Crippen molar-refractivity contribution in [2.24, 2.45) is 13.0 Å². The summed E-state index contributed by atoms with van der Waals surface area (Å²) in [5.41, 5.74) is 1.30. The Morgan fingerprint density at radius 2 is 1.94 bits per heavy atom. The highest BCUT2D eigenvalue weighted by Gasteiger charge is 2.39. The van der Waals surface area contributed by atoms with E-state index in [0.717, 1.165) is 24.1 Å². The number of fused-ring (bicyclic) bond motifs is 1. The van der Waals surface area contributed by atoms with Gasteiger partial charge in [0.1, 0.15) is 16.5 Å². The second kappa shape index (κ2) is 9.94. The van der Waals surface area contributed by atoms with Gasteiger partial charge in [-0.1, -0.05) is 35.3 Å². The van der Waals surface area contributed by atoms with Crippen molar-refractivity contribution in [3.8, 4) is 5.75 Å². The Morgan fingerprint density at radius 1 is 1.17 bits per heavy atom. The van der Waals surface area contributed by atoms with Crippen LogP contribution in [0, 0.1) is 5.92 Å². The Morgan fingerprint density at radius 3 is 2.58 bits per heavy atom. The van der Waals surface area contributed by atoms with Crippen LogP contribution in [-0.4, -0.2) is 54.6 Å². The predicted molar refractivity (Wildman–Crippen MR) is 135 cm³/mol. The maximum Gasteiger partial charge on any atom is 0.335 e. The molecule has 1 amide bonds. The Kier molecular flexibility index (Phi) is 6.87. The molecule has 0 aliphatic carbocycles. The predicted octanol–water partition coefficient (Wildman–Crippen LogP) is 4.64. The molecule has 0 saturated carbocycles. The first-order valence-corrected chi connectivity index (χ1v) is 12.5. The average molecular weight is 533 g/mol. The molecule has 3 heterocycles. The van der Waals surface area contributed by atoms with Crippen LogP contribution in [0.2, 0.25) is 10.0 Å². The third kappa shape index (κ3) is 4.54. The fraction of sp³-hybridized carbons (Fsp3) is 0.385. The molecule has 0 radical (unpaired) electrons. The molecule has 2 atom stereocenters. The number of hydrogen-bond acceptors (Lipinski definition) is 5. The van der Waals surface area contributed by atoms with Gasteiger partial charge in [-0.2, -0.15) is 0 Å². The number of nitrogens with zero attached hydrogens (tertiary/aromatic N) is 1. The summed E-state index contributed by atoms with van der Waals surface area (Å²) in [6.07, 6.45) is 1.50. The summed E-state index contributed by atoms with van der Waals surface area (Å²) < 4.78 is 18.8. The molecule has 36 heavy (non-hydrogen) atoms. The lowest BCUT2D eigenvalue weighted by Gasteiger charge is -2.29. The number of ether oxygens (including phenoxy) is 3. The smallest absolute Gasteiger partial charge is 0.335 e. The molecule has 8 nitrogen and oxygen atoms in total. The molecule has 2 aliphatic rings. The number of nitrogens with one attached hydrogen (secondary N) is 1. The maximum absolute atomic E-state index is 13.5. The monoisotopic (exact) mass is 532 g/mol. The molecule has 0 bridgehead atoms. The molecule has 2 fully saturated rings. The summed E-state index contributed by atoms with van der Waals surface area (Å²) in [6, 6.07) is 10.0. The molecule has 5 rings (SSSR count). The van der Waals surface area contributed by atoms with Gasteiger partial charge in [0.2, 0.25) is 0 Å². The Hall–Kier alpha value is -2.78. The van der Waals surface area contributed by atoms with E-state index in [1.165, 1.54) is 12.1 Å². The third-order valence-corrected chi connectivity index (χ3v) is 7.85. The second-order valence-corrected chi connectivity index (χ2v) is 10.0. The first-order chi connectivity index (χ1) is 17.3. The Balaban J connectivity index is 1.43. The quantitative estimate of drug-likeness (QED) is 0.459. The number of aromatic nitrogens is 1. The number of amides is 1. The van der Waals surface area contributed by atoms with Crippen LogP contribution >= 0.6 is 23.2 Å². The van der Waals surface area contributed by atoms with Crippen LogP contribution in [0.3, 0.4) is 0 Å². The van der Waals surface area contributed by atoms with E-state index in [2.05, 4.69) is 5.32 Å². The minimum absolute atomic E-state index is 0.179. The number of carboxylic acid groups (broad SMARTS) is 1. The molecule has 190 valence electrons. The molecular formula is C26H26Cl2N2O6. The molecule has 0 spiro atoms. The second-order valence-electron chi connectivity index (χ2n) is 9.29. The molecule has 2 aromatic carbocycles. The van der Waals surface area contributed by atoms with Crippen molar-refractivity contribution in [1.29, 1.82) is 0 Å². The third-order valence-electron chi connectivity index (χ3n) is 6.98. The lowest BCUT2D eigenvalue weighted by Crippen LogP contribution is -2.47. The lowest BCUT2D eigenvalue weighted by atomic mass is 9.88. The molecule has 3 aromatic rings. The topological polar surface area (TPSA) is 99.0 Å². The average Bonchev–Trinajstić information content (AvgIpc) is 3.62. The van der Waals surface area contributed by atoms with Gasteiger partial charge in [0.05, 0.1) is 41.5 Å². The van der Waals surface area contributed by atoms with Crippen molar-refractivity contribution in [3.63, 3.8) is 0 Å². The van der Waals surface area contributed by atoms with Crippen LogP contribution in [0.25, 0.3) is 10.9 Å². The van der Waals surface area contributed by atoms with E-state index in [-0.39, 0.29) is 18.1 Å². The zero-order valence-corrected chi connectivity index (χ0v) is 21.2. The van der Waals surface area contributed by atoms with Crippen molar-refractivity contribution < 1.29 is 28.9 Å². The molecular weight excluding hydrogens is 507 g/mol. The summed E-state index contributed by atoms with van der Waals surface area (Å²) in [7, 11) is 1.79. The zero-order chi connectivity index (χ0) is 25.4. The van der Waals surface area contributed by atoms with E-state index in [4.69, 9.17) is 37.4 Å². The van der Waals surface area contributed by atoms with Crippen LogP contribution in [0.1, 0.15) is 39.3 Å². The summed E-state index contributed by atoms with van der Waals surface area (Å²) >= 11 is 13.1. The van der Waals surface area contributed by atoms with Gasteiger partial charge in [0, 0.05) is 44.1 Å². The number of halogens is 2. The van der Waals surface area contributed by atoms with Gasteiger partial charge in [-0.25, -0.2) is 4.79 Å². The summed E-state index contributed by atoms with van der Waals surface area (Å²) in [4.78, 5) is 24.8. The molecule has 2 saturated heterocycles. The first-order valence-electron chi connectivity index (χ1n) is 11.7. The number of rotatable bonds is 7. The zero-order valence-electron chi connectivity index (χ0n) is 19.7. The van der Waals surface area contributed by atoms with E-state index in [1.54, 1.807) is 35.9 Å². The van der Waals surface area contributed by atoms with Gasteiger partial charge < -0.3 is 29.2 Å². The van der Waals surface area contributed by atoms with Crippen LogP contribution < -0.4 is 10.1 Å². The SMILES string of the molecule is Cn1c(C(=O)NC2(c3ccc(C(=O)O)cc3)CCOC2)cc2c(Cl)c(Cl)c(OCC3CCOC3)cc21. The van der Waals surface area contributed by atoms with Crippen molar-refractivity contribution in [1.82, 2.24) is 9.88 Å². The standard InChI is InChI=1S/C26H26Cl2N2O6/c1-30-19-11-21(36-13-15-6-8-34-12-15)23(28)22(27)18(19)10-20(30)24(31)29-26(7-9-35-14-26)17-4-2-16(3-5-17)25(32)33/h2-5,10-11,15H,6-9,12-14H2,1H3,(H,29,31)(H,32,33). The van der Waals surface area contributed by atoms with Crippen molar-refractivity contribution in [2.75, 3.05) is 33.0 Å². The van der Waals surface area contributed by atoms with Crippen LogP contribution in [0.5, 0.6) is 5.75 Å². The number of benzene rings is 2. The van der Waals surface area contributed by atoms with E-state index < -0.39 is 11.5 Å². The van der Waals surface area contributed by atoms with E-state index in [0.29, 0.717) is 59.0 Å². The highest BCUT2D eigenvalue weighted by atomic mass is 35.5. The highest BCUT2D eigenvalue weighted by molar-refractivity contribution is 6.46. The van der Waals surface area contributed by atoms with E-state index in [9.17, 15) is 14.7 Å². The van der Waals surface area contributed by atoms with Crippen molar-refractivity contribution in [3.05, 3.63) is 63.3 Å². The maximum atomic E-state index is 13.5. The van der Waals surface area contributed by atoms with Crippen LogP contribution in [0.4, 0.5) is 0 Å². The van der Waals surface area contributed by atoms with Gasteiger partial charge in [-0.15, -0.1) is 0 Å². The van der Waals surface area contributed by atoms with E-state index in [1.807, 2.05) is 0 Å². The summed E-state index contributed by atoms with van der Waals surface area (Å²) in [5.74, 6) is -0.541. The molecule has 1 aromatic heterocycles. The summed E-state index contributed by atoms with van der Waals surface area (Å²) in [5, 5.41) is 13.6. The molecule has 10 heteroatoms. The number of aromatic carboxylic acids is 1. The van der Waals surface area contributed by atoms with Crippen LogP contribution in [-0.2, 0) is 22.1 Å². The van der Waals surface area contributed by atoms with Gasteiger partial charge in [0.15, 0.2) is 0 Å². The minimum atomic E-state index is -1.01. The van der Waals surface area contributed by atoms with Gasteiger partial charge in [-0.3, -0.25) is 4.79 Å². The number of carbonyl (C=O) groups is 2. The van der Waals surface area contributed by atoms with Gasteiger partial charge in [0.25, 0.3) is 5.91 Å². The highest BCUT2D eigenvalue weighted by Crippen LogP contribution is 2.40. The fourth-order valence-electron chi connectivity index (χ4n) is 4.80. The molecule has 2 N–H and O–H groups in total. The largest absolute Gasteiger partial charge is 0.492 e. The van der Waals surface area contributed by atoms with Gasteiger partial charge in [-0.05, 0) is 30.2 Å². The number of carboxylic acids is 1. The number of hydrogen-bond donors (Lipinski definition) is 2. The molecule has 2 aliphatic heterocycles. The Labute approximate surface area is 218 Å². The number of carbonyl (C=O) groups excluding carboxylic acids is 1. The van der Waals surface area contributed by atoms with Gasteiger partial charge >= 0.3 is 5.97 Å². The number of aryl methyl sites for hydroxylation is 1. The van der Waals surface area contributed by atoms with Crippen molar-refractivity contribution in [2.45, 2.75) is 18.4 Å². The van der Waals surface area contributed by atoms with Crippen molar-refractivity contribution >= 4 is 46.0 Å². The van der Waals surface area contributed by atoms with E-state index >= 15 is 0 Å². The summed E-state index contributed by atoms with van der Waals surface area (Å²) in [6.45, 7) is 2.62. The first kappa shape index (κ1) is 24.9. The minimum Gasteiger partial charge on any atom is -0.492 e. The fourth-order valence-corrected chi connectivity index (χ4v) is 5.26. The Bertz CT molecular complexity index is 1310. The lowest BCUT2D eigenvalue weighted by molar-refractivity contribution is 0.0696. The van der Waals surface area contributed by atoms with Crippen LogP contribution in [0.15, 0.2) is 36.4 Å². The normalized spacial score (nSPS) is 21.7.